The SMILES string of the molecule is CC(C)(C)O[C@@H](C(=O)On1nnc2ccccc2c1=O)N(CC1c2ccccc2-c2ccccc21)C(=O)O. The first-order valence-electron chi connectivity index (χ1n) is 12.1. The topological polar surface area (TPSA) is 124 Å². The van der Waals surface area contributed by atoms with E-state index in [9.17, 15) is 19.5 Å². The van der Waals surface area contributed by atoms with E-state index in [1.807, 2.05) is 48.5 Å². The Morgan fingerprint density at radius 1 is 0.974 bits per heavy atom. The van der Waals surface area contributed by atoms with Crippen molar-refractivity contribution in [1.82, 2.24) is 20.1 Å². The van der Waals surface area contributed by atoms with Crippen LogP contribution in [0.15, 0.2) is 77.6 Å². The number of carbonyl (C=O) groups is 2. The van der Waals surface area contributed by atoms with Crippen LogP contribution in [-0.2, 0) is 9.53 Å². The molecule has 1 amide bonds. The lowest BCUT2D eigenvalue weighted by atomic mass is 9.96. The van der Waals surface area contributed by atoms with E-state index in [1.165, 1.54) is 6.07 Å². The minimum atomic E-state index is -1.69. The first-order valence-corrected chi connectivity index (χ1v) is 12.1. The number of hydrogen-bond acceptors (Lipinski definition) is 7. The van der Waals surface area contributed by atoms with E-state index in [2.05, 4.69) is 10.3 Å². The summed E-state index contributed by atoms with van der Waals surface area (Å²) in [5.74, 6) is -1.46. The van der Waals surface area contributed by atoms with Crippen LogP contribution in [0.5, 0.6) is 0 Å². The Hall–Kier alpha value is -4.57. The van der Waals surface area contributed by atoms with Crippen LogP contribution in [0, 0.1) is 0 Å². The highest BCUT2D eigenvalue weighted by molar-refractivity contribution is 5.82. The standard InChI is InChI=1S/C28H26N4O6/c1-28(2,3)37-25(26(34)38-32-24(33)21-14-8-9-15-23(21)29-30-32)31(27(35)36)16-22-19-12-6-4-10-17(19)18-11-5-7-13-20(18)22/h4-15,22,25H,16H2,1-3H3,(H,35,36)/t25-/m0/s1. The molecule has 3 aromatic carbocycles. The molecule has 0 unspecified atom stereocenters. The lowest BCUT2D eigenvalue weighted by molar-refractivity contribution is -0.186. The number of rotatable bonds is 6. The molecule has 1 aromatic heterocycles. The van der Waals surface area contributed by atoms with Gasteiger partial charge >= 0.3 is 17.6 Å². The molecule has 0 spiro atoms. The van der Waals surface area contributed by atoms with Gasteiger partial charge in [0.1, 0.15) is 5.52 Å². The van der Waals surface area contributed by atoms with Gasteiger partial charge in [-0.25, -0.2) is 9.59 Å². The summed E-state index contributed by atoms with van der Waals surface area (Å²) in [5.41, 5.74) is 2.60. The third-order valence-corrected chi connectivity index (χ3v) is 6.26. The summed E-state index contributed by atoms with van der Waals surface area (Å²) in [6, 6.07) is 22.0. The van der Waals surface area contributed by atoms with E-state index in [0.717, 1.165) is 27.2 Å². The fraction of sp³-hybridized carbons (Fsp3) is 0.250. The molecule has 10 heteroatoms. The Morgan fingerprint density at radius 3 is 2.16 bits per heavy atom. The molecule has 0 saturated heterocycles. The zero-order valence-corrected chi connectivity index (χ0v) is 21.1. The van der Waals surface area contributed by atoms with Gasteiger partial charge in [-0.2, -0.15) is 0 Å². The molecular weight excluding hydrogens is 488 g/mol. The summed E-state index contributed by atoms with van der Waals surface area (Å²) >= 11 is 0. The summed E-state index contributed by atoms with van der Waals surface area (Å²) in [5, 5.41) is 18.0. The number of hydrogen-bond donors (Lipinski definition) is 1. The van der Waals surface area contributed by atoms with Crippen LogP contribution in [0.4, 0.5) is 4.79 Å². The average molecular weight is 515 g/mol. The maximum absolute atomic E-state index is 13.4. The Bertz CT molecular complexity index is 1550. The van der Waals surface area contributed by atoms with Crippen molar-refractivity contribution in [1.29, 1.82) is 0 Å². The normalized spacial score (nSPS) is 13.6. The van der Waals surface area contributed by atoms with Gasteiger partial charge in [-0.1, -0.05) is 60.7 Å². The van der Waals surface area contributed by atoms with Gasteiger partial charge in [0.15, 0.2) is 0 Å². The third kappa shape index (κ3) is 4.73. The highest BCUT2D eigenvalue weighted by Crippen LogP contribution is 2.45. The van der Waals surface area contributed by atoms with Crippen molar-refractivity contribution in [3.8, 4) is 11.1 Å². The highest BCUT2D eigenvalue weighted by Gasteiger charge is 2.40. The molecule has 10 nitrogen and oxygen atoms in total. The number of benzene rings is 3. The molecule has 1 N–H and O–H groups in total. The second-order valence-corrected chi connectivity index (χ2v) is 9.94. The predicted molar refractivity (Wildman–Crippen MR) is 138 cm³/mol. The molecule has 1 heterocycles. The largest absolute Gasteiger partial charge is 0.465 e. The Morgan fingerprint density at radius 2 is 1.55 bits per heavy atom. The molecular formula is C28H26N4O6. The summed E-state index contributed by atoms with van der Waals surface area (Å²) in [7, 11) is 0. The van der Waals surface area contributed by atoms with Gasteiger partial charge in [-0.3, -0.25) is 9.69 Å². The van der Waals surface area contributed by atoms with E-state index < -0.39 is 29.5 Å². The Labute approximate surface area is 218 Å². The fourth-order valence-corrected chi connectivity index (χ4v) is 4.67. The van der Waals surface area contributed by atoms with Crippen LogP contribution in [0.25, 0.3) is 22.0 Å². The van der Waals surface area contributed by atoms with Crippen molar-refractivity contribution in [2.45, 2.75) is 38.5 Å². The Kier molecular flexibility index (Phi) is 6.41. The fourth-order valence-electron chi connectivity index (χ4n) is 4.67. The third-order valence-electron chi connectivity index (χ3n) is 6.26. The van der Waals surface area contributed by atoms with Crippen molar-refractivity contribution < 1.29 is 24.3 Å². The van der Waals surface area contributed by atoms with E-state index in [-0.39, 0.29) is 17.8 Å². The van der Waals surface area contributed by atoms with Crippen molar-refractivity contribution >= 4 is 23.0 Å². The van der Waals surface area contributed by atoms with E-state index in [0.29, 0.717) is 10.4 Å². The van der Waals surface area contributed by atoms with Gasteiger partial charge in [-0.15, -0.1) is 5.10 Å². The number of nitrogens with zero attached hydrogens (tertiary/aromatic N) is 4. The van der Waals surface area contributed by atoms with Crippen LogP contribution in [-0.4, -0.2) is 55.6 Å². The average Bonchev–Trinajstić information content (AvgIpc) is 3.20. The monoisotopic (exact) mass is 514 g/mol. The quantitative estimate of drug-likeness (QED) is 0.305. The van der Waals surface area contributed by atoms with Gasteiger partial charge in [0.2, 0.25) is 6.23 Å². The molecule has 4 aromatic rings. The van der Waals surface area contributed by atoms with Crippen LogP contribution < -0.4 is 10.4 Å². The maximum Gasteiger partial charge on any atom is 0.409 e. The van der Waals surface area contributed by atoms with Crippen molar-refractivity contribution in [2.24, 2.45) is 0 Å². The number of aromatic nitrogens is 3. The number of carbonyl (C=O) groups excluding carboxylic acids is 1. The van der Waals surface area contributed by atoms with Crippen molar-refractivity contribution in [3.63, 3.8) is 0 Å². The van der Waals surface area contributed by atoms with Crippen molar-refractivity contribution in [3.05, 3.63) is 94.3 Å². The highest BCUT2D eigenvalue weighted by atomic mass is 16.7. The maximum atomic E-state index is 13.4. The summed E-state index contributed by atoms with van der Waals surface area (Å²) in [4.78, 5) is 45.4. The number of amides is 1. The molecule has 1 aliphatic carbocycles. The molecule has 0 aliphatic heterocycles. The molecule has 1 atom stereocenters. The molecule has 0 fully saturated rings. The summed E-state index contributed by atoms with van der Waals surface area (Å²) in [6.07, 6.45) is -3.07. The van der Waals surface area contributed by atoms with Crippen LogP contribution >= 0.6 is 0 Å². The Balaban J connectivity index is 1.50. The number of ether oxygens (including phenoxy) is 1. The summed E-state index contributed by atoms with van der Waals surface area (Å²) in [6.45, 7) is 4.98. The first kappa shape index (κ1) is 25.1. The smallest absolute Gasteiger partial charge is 0.409 e. The molecule has 194 valence electrons. The lowest BCUT2D eigenvalue weighted by Gasteiger charge is -2.34. The summed E-state index contributed by atoms with van der Waals surface area (Å²) < 4.78 is 5.92. The van der Waals surface area contributed by atoms with E-state index in [4.69, 9.17) is 9.57 Å². The molecule has 0 saturated carbocycles. The van der Waals surface area contributed by atoms with E-state index in [1.54, 1.807) is 39.0 Å². The van der Waals surface area contributed by atoms with Crippen molar-refractivity contribution in [2.75, 3.05) is 6.54 Å². The zero-order valence-electron chi connectivity index (χ0n) is 21.1. The van der Waals surface area contributed by atoms with Crippen LogP contribution in [0.2, 0.25) is 0 Å². The molecule has 1 aliphatic rings. The number of fused-ring (bicyclic) bond motifs is 4. The molecule has 5 rings (SSSR count). The molecule has 0 bridgehead atoms. The van der Waals surface area contributed by atoms with E-state index >= 15 is 0 Å². The molecule has 0 radical (unpaired) electrons. The second kappa shape index (κ2) is 9.71. The van der Waals surface area contributed by atoms with Gasteiger partial charge < -0.3 is 14.7 Å². The van der Waals surface area contributed by atoms with Gasteiger partial charge in [-0.05, 0) is 65.2 Å². The molecule has 38 heavy (non-hydrogen) atoms. The van der Waals surface area contributed by atoms with Gasteiger partial charge in [0.05, 0.1) is 11.0 Å². The van der Waals surface area contributed by atoms with Gasteiger partial charge in [0, 0.05) is 12.5 Å². The zero-order chi connectivity index (χ0) is 27.0. The minimum absolute atomic E-state index is 0.0858. The predicted octanol–water partition coefficient (Wildman–Crippen LogP) is 3.68. The lowest BCUT2D eigenvalue weighted by Crippen LogP contribution is -2.54. The van der Waals surface area contributed by atoms with Crippen LogP contribution in [0.1, 0.15) is 37.8 Å². The second-order valence-electron chi connectivity index (χ2n) is 9.94. The van der Waals surface area contributed by atoms with Crippen LogP contribution in [0.3, 0.4) is 0 Å². The minimum Gasteiger partial charge on any atom is -0.465 e. The number of carboxylic acid groups (broad SMARTS) is 1. The first-order chi connectivity index (χ1) is 18.1. The van der Waals surface area contributed by atoms with Gasteiger partial charge in [0.25, 0.3) is 0 Å².